The Morgan fingerprint density at radius 1 is 0.912 bits per heavy atom. The van der Waals surface area contributed by atoms with E-state index in [-0.39, 0.29) is 23.2 Å². The molecule has 3 atom stereocenters. The highest BCUT2D eigenvalue weighted by molar-refractivity contribution is 5.81. The number of halogens is 1. The lowest BCUT2D eigenvalue weighted by atomic mass is 9.56. The molecule has 0 N–H and O–H groups in total. The third-order valence-electron chi connectivity index (χ3n) is 8.02. The highest BCUT2D eigenvalue weighted by atomic mass is 19.1. The van der Waals surface area contributed by atoms with Crippen LogP contribution in [0.3, 0.4) is 0 Å². The molecule has 1 aliphatic heterocycles. The Bertz CT molecular complexity index is 1090. The van der Waals surface area contributed by atoms with Gasteiger partial charge in [-0.3, -0.25) is 4.79 Å². The number of carbonyl (C=O) groups is 1. The minimum absolute atomic E-state index is 0.0501. The van der Waals surface area contributed by atoms with E-state index in [2.05, 4.69) is 48.5 Å². The Balaban J connectivity index is 1.49. The Hall–Kier alpha value is -3.14. The fourth-order valence-corrected chi connectivity index (χ4v) is 6.41. The number of hydrogen-bond donors (Lipinski definition) is 0. The highest BCUT2D eigenvalue weighted by Crippen LogP contribution is 2.54. The quantitative estimate of drug-likeness (QED) is 0.507. The van der Waals surface area contributed by atoms with Gasteiger partial charge in [0.25, 0.3) is 0 Å². The Morgan fingerprint density at radius 2 is 1.50 bits per heavy atom. The number of nitrogens with zero attached hydrogens (tertiary/aromatic N) is 2. The molecule has 5 rings (SSSR count). The van der Waals surface area contributed by atoms with Crippen LogP contribution in [0.25, 0.3) is 0 Å². The summed E-state index contributed by atoms with van der Waals surface area (Å²) in [5.74, 6) is -0.0118. The van der Waals surface area contributed by atoms with E-state index in [0.29, 0.717) is 25.9 Å². The molecule has 3 aromatic carbocycles. The van der Waals surface area contributed by atoms with Gasteiger partial charge in [0.1, 0.15) is 6.17 Å². The lowest BCUT2D eigenvalue weighted by Crippen LogP contribution is -2.47. The number of alkyl halides is 1. The van der Waals surface area contributed by atoms with Gasteiger partial charge in [0.05, 0.1) is 6.42 Å². The molecule has 1 heterocycles. The van der Waals surface area contributed by atoms with Crippen molar-refractivity contribution in [3.8, 4) is 0 Å². The molecule has 1 amide bonds. The van der Waals surface area contributed by atoms with Crippen molar-refractivity contribution in [2.45, 2.75) is 30.8 Å². The molecule has 3 aromatic rings. The largest absolute Gasteiger partial charge is 0.377 e. The molecule has 176 valence electrons. The van der Waals surface area contributed by atoms with E-state index >= 15 is 4.39 Å². The molecule has 0 unspecified atom stereocenters. The molecular formula is C30H33FN2O. The highest BCUT2D eigenvalue weighted by Gasteiger charge is 2.55. The molecule has 1 aliphatic carbocycles. The third-order valence-corrected chi connectivity index (χ3v) is 8.02. The van der Waals surface area contributed by atoms with Crippen molar-refractivity contribution in [1.82, 2.24) is 4.90 Å². The van der Waals surface area contributed by atoms with Crippen LogP contribution in [0, 0.1) is 11.8 Å². The minimum atomic E-state index is -0.877. The van der Waals surface area contributed by atoms with Crippen LogP contribution in [-0.2, 0) is 16.6 Å². The number of carbonyl (C=O) groups excluding carboxylic acids is 1. The molecular weight excluding hydrogens is 423 g/mol. The van der Waals surface area contributed by atoms with Crippen LogP contribution in [0.4, 0.5) is 10.1 Å². The summed E-state index contributed by atoms with van der Waals surface area (Å²) in [7, 11) is 3.99. The predicted octanol–water partition coefficient (Wildman–Crippen LogP) is 5.49. The third kappa shape index (κ3) is 3.89. The lowest BCUT2D eigenvalue weighted by Gasteiger charge is -2.47. The van der Waals surface area contributed by atoms with Gasteiger partial charge < -0.3 is 9.80 Å². The Labute approximate surface area is 202 Å². The van der Waals surface area contributed by atoms with Crippen LogP contribution in [0.1, 0.15) is 29.5 Å². The van der Waals surface area contributed by atoms with Crippen molar-refractivity contribution in [3.05, 3.63) is 102 Å². The predicted molar refractivity (Wildman–Crippen MR) is 136 cm³/mol. The van der Waals surface area contributed by atoms with Crippen molar-refractivity contribution in [2.24, 2.45) is 11.8 Å². The van der Waals surface area contributed by atoms with Gasteiger partial charge in [0, 0.05) is 44.2 Å². The van der Waals surface area contributed by atoms with E-state index < -0.39 is 6.17 Å². The molecule has 0 spiro atoms. The van der Waals surface area contributed by atoms with Gasteiger partial charge in [-0.05, 0) is 41.5 Å². The summed E-state index contributed by atoms with van der Waals surface area (Å²) in [5.41, 5.74) is 4.25. The summed E-state index contributed by atoms with van der Waals surface area (Å²) in [5, 5.41) is 0. The van der Waals surface area contributed by atoms with E-state index in [9.17, 15) is 4.79 Å². The second-order valence-electron chi connectivity index (χ2n) is 10.0. The van der Waals surface area contributed by atoms with E-state index in [1.54, 1.807) is 0 Å². The number of benzene rings is 3. The smallest absolute Gasteiger partial charge is 0.227 e. The van der Waals surface area contributed by atoms with Gasteiger partial charge in [-0.1, -0.05) is 78.9 Å². The molecule has 0 aromatic heterocycles. The first-order valence-corrected chi connectivity index (χ1v) is 12.3. The average Bonchev–Trinajstić information content (AvgIpc) is 3.33. The molecule has 34 heavy (non-hydrogen) atoms. The average molecular weight is 457 g/mol. The maximum Gasteiger partial charge on any atom is 0.227 e. The van der Waals surface area contributed by atoms with E-state index in [1.807, 2.05) is 60.3 Å². The second kappa shape index (κ2) is 9.25. The number of likely N-dealkylation sites (tertiary alicyclic amines) is 1. The van der Waals surface area contributed by atoms with Gasteiger partial charge in [-0.15, -0.1) is 0 Å². The van der Waals surface area contributed by atoms with Crippen LogP contribution < -0.4 is 4.90 Å². The van der Waals surface area contributed by atoms with E-state index in [0.717, 1.165) is 17.7 Å². The van der Waals surface area contributed by atoms with Crippen LogP contribution in [0.15, 0.2) is 84.9 Å². The van der Waals surface area contributed by atoms with Crippen molar-refractivity contribution in [2.75, 3.05) is 32.1 Å². The van der Waals surface area contributed by atoms with Crippen LogP contribution >= 0.6 is 0 Å². The Morgan fingerprint density at radius 3 is 2.12 bits per heavy atom. The summed E-state index contributed by atoms with van der Waals surface area (Å²) < 4.78 is 15.4. The fraction of sp³-hybridized carbons (Fsp3) is 0.367. The van der Waals surface area contributed by atoms with Crippen molar-refractivity contribution in [3.63, 3.8) is 0 Å². The molecule has 2 aliphatic rings. The standard InChI is InChI=1S/C30H33FN2O/c1-32(2)28-16-10-9-11-22(28)19-29(34)33-20-25-26(21-33)30(18-17-27(25)31,23-12-5-3-6-13-23)24-14-7-4-8-15-24/h3-16,25-27H,17-21H2,1-2H3/t25-,26+,27+/m0/s1. The first kappa shape index (κ1) is 22.6. The fourth-order valence-electron chi connectivity index (χ4n) is 6.41. The van der Waals surface area contributed by atoms with Crippen molar-refractivity contribution < 1.29 is 9.18 Å². The topological polar surface area (TPSA) is 23.6 Å². The zero-order valence-electron chi connectivity index (χ0n) is 20.0. The van der Waals surface area contributed by atoms with Crippen molar-refractivity contribution in [1.29, 1.82) is 0 Å². The number of amides is 1. The summed E-state index contributed by atoms with van der Waals surface area (Å²) in [6.07, 6.45) is 0.747. The first-order valence-electron chi connectivity index (χ1n) is 12.3. The molecule has 0 radical (unpaired) electrons. The number of para-hydroxylation sites is 1. The molecule has 1 saturated heterocycles. The normalized spacial score (nSPS) is 23.4. The minimum Gasteiger partial charge on any atom is -0.377 e. The van der Waals surface area contributed by atoms with Gasteiger partial charge in [-0.2, -0.15) is 0 Å². The molecule has 2 fully saturated rings. The molecule has 3 nitrogen and oxygen atoms in total. The number of rotatable bonds is 5. The lowest BCUT2D eigenvalue weighted by molar-refractivity contribution is -0.129. The Kier molecular flexibility index (Phi) is 6.16. The van der Waals surface area contributed by atoms with Crippen LogP contribution in [0.5, 0.6) is 0 Å². The summed E-state index contributed by atoms with van der Waals surface area (Å²) in [4.78, 5) is 17.5. The summed E-state index contributed by atoms with van der Waals surface area (Å²) in [6, 6.07) is 29.1. The van der Waals surface area contributed by atoms with E-state index in [1.165, 1.54) is 11.1 Å². The van der Waals surface area contributed by atoms with Crippen LogP contribution in [-0.4, -0.2) is 44.2 Å². The van der Waals surface area contributed by atoms with Crippen LogP contribution in [0.2, 0.25) is 0 Å². The summed E-state index contributed by atoms with van der Waals surface area (Å²) >= 11 is 0. The zero-order valence-corrected chi connectivity index (χ0v) is 20.0. The maximum atomic E-state index is 15.4. The number of hydrogen-bond acceptors (Lipinski definition) is 2. The van der Waals surface area contributed by atoms with Crippen molar-refractivity contribution >= 4 is 11.6 Å². The van der Waals surface area contributed by atoms with E-state index in [4.69, 9.17) is 0 Å². The number of fused-ring (bicyclic) bond motifs is 1. The van der Waals surface area contributed by atoms with Gasteiger partial charge in [0.15, 0.2) is 0 Å². The molecule has 1 saturated carbocycles. The number of anilines is 1. The molecule has 4 heteroatoms. The maximum absolute atomic E-state index is 15.4. The molecule has 0 bridgehead atoms. The zero-order chi connectivity index (χ0) is 23.7. The van der Waals surface area contributed by atoms with Gasteiger partial charge >= 0.3 is 0 Å². The SMILES string of the molecule is CN(C)c1ccccc1CC(=O)N1C[C@@H]2[C@H](F)CCC(c3ccccc3)(c3ccccc3)[C@@H]2C1. The second-order valence-corrected chi connectivity index (χ2v) is 10.0. The summed E-state index contributed by atoms with van der Waals surface area (Å²) in [6.45, 7) is 1.09. The van der Waals surface area contributed by atoms with Gasteiger partial charge in [-0.25, -0.2) is 4.39 Å². The monoisotopic (exact) mass is 456 g/mol. The van der Waals surface area contributed by atoms with Gasteiger partial charge in [0.2, 0.25) is 5.91 Å². The first-order chi connectivity index (χ1) is 16.5.